The lowest BCUT2D eigenvalue weighted by Crippen LogP contribution is -2.13. The van der Waals surface area contributed by atoms with Crippen LogP contribution < -0.4 is 10.6 Å². The topological polar surface area (TPSA) is 92.9 Å². The third-order valence-electron chi connectivity index (χ3n) is 2.81. The first-order valence-corrected chi connectivity index (χ1v) is 6.59. The molecule has 0 atom stereocenters. The number of nitrogens with zero attached hydrogens (tertiary/aromatic N) is 3. The van der Waals surface area contributed by atoms with Crippen molar-refractivity contribution in [3.05, 3.63) is 60.1 Å². The molecule has 3 aromatic rings. The number of aryl methyl sites for hydroxylation is 1. The van der Waals surface area contributed by atoms with Crippen molar-refractivity contribution < 1.29 is 9.32 Å². The number of anilines is 3. The fourth-order valence-electron chi connectivity index (χ4n) is 1.77. The Morgan fingerprint density at radius 3 is 2.50 bits per heavy atom. The minimum absolute atomic E-state index is 0.333. The van der Waals surface area contributed by atoms with E-state index in [9.17, 15) is 4.79 Å². The summed E-state index contributed by atoms with van der Waals surface area (Å²) < 4.78 is 4.88. The van der Waals surface area contributed by atoms with Crippen molar-refractivity contribution in [2.75, 3.05) is 10.6 Å². The fraction of sp³-hybridized carbons (Fsp3) is 0.0667. The minimum Gasteiger partial charge on any atom is -0.360 e. The molecule has 2 aromatic heterocycles. The molecule has 7 nitrogen and oxygen atoms in total. The van der Waals surface area contributed by atoms with Gasteiger partial charge in [-0.05, 0) is 19.1 Å². The van der Waals surface area contributed by atoms with Gasteiger partial charge in [-0.2, -0.15) is 0 Å². The second-order valence-electron chi connectivity index (χ2n) is 4.56. The zero-order valence-electron chi connectivity index (χ0n) is 11.8. The Balaban J connectivity index is 1.67. The van der Waals surface area contributed by atoms with Crippen LogP contribution in [0.3, 0.4) is 0 Å². The number of carbonyl (C=O) groups is 1. The zero-order chi connectivity index (χ0) is 15.4. The van der Waals surface area contributed by atoms with E-state index in [1.165, 1.54) is 12.4 Å². The van der Waals surface area contributed by atoms with E-state index in [1.54, 1.807) is 13.0 Å². The van der Waals surface area contributed by atoms with Crippen LogP contribution in [0.2, 0.25) is 0 Å². The Morgan fingerprint density at radius 1 is 1.14 bits per heavy atom. The highest BCUT2D eigenvalue weighted by molar-refractivity contribution is 6.03. The predicted molar refractivity (Wildman–Crippen MR) is 80.9 cm³/mol. The van der Waals surface area contributed by atoms with Gasteiger partial charge in [0.1, 0.15) is 5.76 Å². The summed E-state index contributed by atoms with van der Waals surface area (Å²) in [6.07, 6.45) is 2.89. The number of hydrogen-bond donors (Lipinski definition) is 2. The first-order chi connectivity index (χ1) is 10.7. The molecule has 0 saturated carbocycles. The molecule has 2 N–H and O–H groups in total. The molecule has 0 bridgehead atoms. The molecule has 0 fully saturated rings. The summed E-state index contributed by atoms with van der Waals surface area (Å²) in [5.74, 6) is 1.04. The van der Waals surface area contributed by atoms with Crippen molar-refractivity contribution in [2.24, 2.45) is 0 Å². The fourth-order valence-corrected chi connectivity index (χ4v) is 1.77. The molecule has 2 heterocycles. The number of aromatic nitrogens is 3. The van der Waals surface area contributed by atoms with E-state index in [0.29, 0.717) is 23.1 Å². The van der Waals surface area contributed by atoms with Crippen molar-refractivity contribution in [1.29, 1.82) is 0 Å². The molecule has 0 aliphatic rings. The lowest BCUT2D eigenvalue weighted by Gasteiger charge is -2.05. The molecule has 110 valence electrons. The number of nitrogens with one attached hydrogen (secondary N) is 2. The van der Waals surface area contributed by atoms with Crippen molar-refractivity contribution in [1.82, 2.24) is 15.1 Å². The average molecular weight is 295 g/mol. The molecular formula is C15H13N5O2. The first kappa shape index (κ1) is 13.7. The van der Waals surface area contributed by atoms with Gasteiger partial charge in [-0.3, -0.25) is 4.79 Å². The largest absolute Gasteiger partial charge is 0.360 e. The maximum atomic E-state index is 12.0. The summed E-state index contributed by atoms with van der Waals surface area (Å²) >= 11 is 0. The number of hydrogen-bond acceptors (Lipinski definition) is 6. The second kappa shape index (κ2) is 6.04. The first-order valence-electron chi connectivity index (χ1n) is 6.59. The van der Waals surface area contributed by atoms with Crippen LogP contribution >= 0.6 is 0 Å². The second-order valence-corrected chi connectivity index (χ2v) is 4.56. The highest BCUT2D eigenvalue weighted by atomic mass is 16.5. The maximum Gasteiger partial charge on any atom is 0.260 e. The van der Waals surface area contributed by atoms with Crippen LogP contribution in [0.25, 0.3) is 0 Å². The van der Waals surface area contributed by atoms with E-state index in [1.807, 2.05) is 30.3 Å². The number of para-hydroxylation sites is 1. The van der Waals surface area contributed by atoms with Gasteiger partial charge in [0.15, 0.2) is 5.82 Å². The third-order valence-corrected chi connectivity index (χ3v) is 2.81. The summed E-state index contributed by atoms with van der Waals surface area (Å²) in [6.45, 7) is 1.75. The Hall–Kier alpha value is -3.22. The van der Waals surface area contributed by atoms with Gasteiger partial charge in [-0.15, -0.1) is 0 Å². The van der Waals surface area contributed by atoms with Gasteiger partial charge in [0.05, 0.1) is 5.56 Å². The SMILES string of the molecule is Cc1cc(NC(=O)c2cnc(Nc3ccccc3)nc2)no1. The van der Waals surface area contributed by atoms with Crippen molar-refractivity contribution in [3.63, 3.8) is 0 Å². The molecule has 0 saturated heterocycles. The monoisotopic (exact) mass is 295 g/mol. The van der Waals surface area contributed by atoms with E-state index in [2.05, 4.69) is 25.8 Å². The van der Waals surface area contributed by atoms with Crippen LogP contribution in [0, 0.1) is 6.92 Å². The average Bonchev–Trinajstić information content (AvgIpc) is 2.94. The smallest absolute Gasteiger partial charge is 0.260 e. The Kier molecular flexibility index (Phi) is 3.78. The number of carbonyl (C=O) groups excluding carboxylic acids is 1. The third kappa shape index (κ3) is 3.26. The van der Waals surface area contributed by atoms with Gasteiger partial charge in [-0.25, -0.2) is 9.97 Å². The summed E-state index contributed by atoms with van der Waals surface area (Å²) in [6, 6.07) is 11.2. The minimum atomic E-state index is -0.348. The molecule has 0 unspecified atom stereocenters. The van der Waals surface area contributed by atoms with Gasteiger partial charge >= 0.3 is 0 Å². The molecule has 0 spiro atoms. The van der Waals surface area contributed by atoms with Crippen molar-refractivity contribution in [3.8, 4) is 0 Å². The Bertz CT molecular complexity index is 768. The normalized spacial score (nSPS) is 10.2. The summed E-state index contributed by atoms with van der Waals surface area (Å²) in [4.78, 5) is 20.2. The van der Waals surface area contributed by atoms with E-state index < -0.39 is 0 Å². The van der Waals surface area contributed by atoms with E-state index >= 15 is 0 Å². The molecule has 1 amide bonds. The van der Waals surface area contributed by atoms with Crippen LogP contribution in [-0.2, 0) is 0 Å². The van der Waals surface area contributed by atoms with Crippen LogP contribution in [0.1, 0.15) is 16.1 Å². The maximum absolute atomic E-state index is 12.0. The van der Waals surface area contributed by atoms with E-state index in [4.69, 9.17) is 4.52 Å². The van der Waals surface area contributed by atoms with Crippen LogP contribution in [0.5, 0.6) is 0 Å². The summed E-state index contributed by atoms with van der Waals surface area (Å²) in [5, 5.41) is 9.34. The molecule has 3 rings (SSSR count). The molecule has 22 heavy (non-hydrogen) atoms. The van der Waals surface area contributed by atoms with Gasteiger partial charge in [-0.1, -0.05) is 23.4 Å². The lowest BCUT2D eigenvalue weighted by atomic mass is 10.3. The Labute approximate surface area is 126 Å². The Morgan fingerprint density at radius 2 is 1.86 bits per heavy atom. The van der Waals surface area contributed by atoms with Gasteiger partial charge in [0.2, 0.25) is 5.95 Å². The quantitative estimate of drug-likeness (QED) is 0.768. The molecule has 0 aliphatic carbocycles. The highest BCUT2D eigenvalue weighted by Gasteiger charge is 2.10. The molecular weight excluding hydrogens is 282 g/mol. The number of rotatable bonds is 4. The molecule has 0 aliphatic heterocycles. The summed E-state index contributed by atoms with van der Waals surface area (Å²) in [7, 11) is 0. The standard InChI is InChI=1S/C15H13N5O2/c1-10-7-13(20-22-10)19-14(21)11-8-16-15(17-9-11)18-12-5-3-2-4-6-12/h2-9H,1H3,(H,16,17,18)(H,19,20,21). The van der Waals surface area contributed by atoms with Crippen LogP contribution in [0.4, 0.5) is 17.5 Å². The highest BCUT2D eigenvalue weighted by Crippen LogP contribution is 2.12. The number of amides is 1. The molecule has 0 radical (unpaired) electrons. The van der Waals surface area contributed by atoms with Crippen LogP contribution in [0.15, 0.2) is 53.3 Å². The summed E-state index contributed by atoms with van der Waals surface area (Å²) in [5.41, 5.74) is 1.21. The van der Waals surface area contributed by atoms with Crippen LogP contribution in [-0.4, -0.2) is 21.0 Å². The predicted octanol–water partition coefficient (Wildman–Crippen LogP) is 2.77. The van der Waals surface area contributed by atoms with Gasteiger partial charge in [0.25, 0.3) is 5.91 Å². The van der Waals surface area contributed by atoms with E-state index in [-0.39, 0.29) is 5.91 Å². The van der Waals surface area contributed by atoms with E-state index in [0.717, 1.165) is 5.69 Å². The van der Waals surface area contributed by atoms with Crippen molar-refractivity contribution in [2.45, 2.75) is 6.92 Å². The van der Waals surface area contributed by atoms with Gasteiger partial charge < -0.3 is 15.2 Å². The molecule has 1 aromatic carbocycles. The number of benzene rings is 1. The molecule has 7 heteroatoms. The van der Waals surface area contributed by atoms with Gasteiger partial charge in [0, 0.05) is 24.1 Å². The lowest BCUT2D eigenvalue weighted by molar-refractivity contribution is 0.102. The zero-order valence-corrected chi connectivity index (χ0v) is 11.8. The van der Waals surface area contributed by atoms with Crippen molar-refractivity contribution >= 4 is 23.4 Å².